The second-order valence-electron chi connectivity index (χ2n) is 2.81. The van der Waals surface area contributed by atoms with Crippen molar-refractivity contribution in [2.24, 2.45) is 0 Å². The molecule has 0 aliphatic rings. The summed E-state index contributed by atoms with van der Waals surface area (Å²) in [5.41, 5.74) is 5.71. The fourth-order valence-electron chi connectivity index (χ4n) is 0.966. The summed E-state index contributed by atoms with van der Waals surface area (Å²) in [6.07, 6.45) is -1.17. The van der Waals surface area contributed by atoms with Gasteiger partial charge in [-0.1, -0.05) is 0 Å². The predicted molar refractivity (Wildman–Crippen MR) is 55.5 cm³/mol. The number of nitrogens with one attached hydrogen (secondary N) is 3. The minimum absolute atomic E-state index is 0.153. The molecule has 0 unspecified atom stereocenters. The molecule has 6 heteroatoms. The number of carbonyl (C=O) groups excluding carboxylic acids is 1. The van der Waals surface area contributed by atoms with E-state index in [4.69, 9.17) is 5.11 Å². The van der Waals surface area contributed by atoms with Gasteiger partial charge in [0, 0.05) is 12.6 Å². The Morgan fingerprint density at radius 1 is 1.13 bits per heavy atom. The van der Waals surface area contributed by atoms with Crippen LogP contribution in [-0.2, 0) is 4.79 Å². The van der Waals surface area contributed by atoms with E-state index in [1.807, 2.05) is 5.43 Å². The van der Waals surface area contributed by atoms with Crippen LogP contribution in [0.25, 0.3) is 0 Å². The highest BCUT2D eigenvalue weighted by Crippen LogP contribution is 2.12. The summed E-state index contributed by atoms with van der Waals surface area (Å²) in [6, 6.07) is 6.60. The molecule has 6 nitrogen and oxygen atoms in total. The molecule has 0 spiro atoms. The first-order valence-electron chi connectivity index (χ1n) is 4.20. The molecular formula is C9H11N3O3. The molecule has 80 valence electrons. The summed E-state index contributed by atoms with van der Waals surface area (Å²) >= 11 is 0. The Balaban J connectivity index is 2.56. The maximum Gasteiger partial charge on any atom is 0.423 e. The van der Waals surface area contributed by atoms with Crippen LogP contribution >= 0.6 is 0 Å². The van der Waals surface area contributed by atoms with E-state index in [-0.39, 0.29) is 5.91 Å². The average Bonchev–Trinajstić information content (AvgIpc) is 2.16. The minimum Gasteiger partial charge on any atom is -0.464 e. The topological polar surface area (TPSA) is 90.5 Å². The fraction of sp³-hybridized carbons (Fsp3) is 0.111. The lowest BCUT2D eigenvalue weighted by atomic mass is 10.3. The molecule has 0 saturated carbocycles. The zero-order valence-corrected chi connectivity index (χ0v) is 8.07. The van der Waals surface area contributed by atoms with Gasteiger partial charge in [-0.3, -0.25) is 10.2 Å². The molecule has 4 N–H and O–H groups in total. The number of anilines is 2. The second-order valence-corrected chi connectivity index (χ2v) is 2.81. The zero-order chi connectivity index (χ0) is 11.3. The molecule has 1 aromatic carbocycles. The third-order valence-corrected chi connectivity index (χ3v) is 1.52. The van der Waals surface area contributed by atoms with Crippen LogP contribution in [0, 0.1) is 0 Å². The number of amides is 2. The Bertz CT molecular complexity index is 361. The highest BCUT2D eigenvalue weighted by Gasteiger charge is 1.97. The van der Waals surface area contributed by atoms with Crippen molar-refractivity contribution in [2.75, 3.05) is 10.7 Å². The van der Waals surface area contributed by atoms with Crippen LogP contribution in [0.2, 0.25) is 0 Å². The van der Waals surface area contributed by atoms with Crippen molar-refractivity contribution >= 4 is 23.4 Å². The number of hydrogen-bond acceptors (Lipinski definition) is 3. The third kappa shape index (κ3) is 3.99. The van der Waals surface area contributed by atoms with Crippen LogP contribution < -0.4 is 16.2 Å². The Labute approximate surface area is 86.3 Å². The zero-order valence-electron chi connectivity index (χ0n) is 8.07. The van der Waals surface area contributed by atoms with Crippen LogP contribution in [0.3, 0.4) is 0 Å². The lowest BCUT2D eigenvalue weighted by molar-refractivity contribution is -0.114. The number of carbonyl (C=O) groups is 2. The van der Waals surface area contributed by atoms with Crippen LogP contribution in [-0.4, -0.2) is 17.1 Å². The molecule has 0 heterocycles. The largest absolute Gasteiger partial charge is 0.464 e. The van der Waals surface area contributed by atoms with Crippen molar-refractivity contribution in [3.8, 4) is 0 Å². The Kier molecular flexibility index (Phi) is 3.50. The van der Waals surface area contributed by atoms with E-state index in [2.05, 4.69) is 10.7 Å². The molecule has 0 aromatic heterocycles. The van der Waals surface area contributed by atoms with Crippen LogP contribution in [0.15, 0.2) is 24.3 Å². The summed E-state index contributed by atoms with van der Waals surface area (Å²) in [6.45, 7) is 1.41. The van der Waals surface area contributed by atoms with Gasteiger partial charge in [-0.05, 0) is 24.3 Å². The molecule has 0 bridgehead atoms. The highest BCUT2D eigenvalue weighted by atomic mass is 16.4. The smallest absolute Gasteiger partial charge is 0.423 e. The first kappa shape index (κ1) is 10.8. The maximum absolute atomic E-state index is 10.7. The third-order valence-electron chi connectivity index (χ3n) is 1.52. The van der Waals surface area contributed by atoms with Gasteiger partial charge in [0.2, 0.25) is 5.91 Å². The molecule has 0 saturated heterocycles. The van der Waals surface area contributed by atoms with Crippen molar-refractivity contribution in [3.05, 3.63) is 24.3 Å². The number of rotatable bonds is 3. The Morgan fingerprint density at radius 3 is 2.13 bits per heavy atom. The lowest BCUT2D eigenvalue weighted by Gasteiger charge is -2.06. The standard InChI is InChI=1S/C9H11N3O3/c1-6(13)10-7-2-4-8(5-3-7)11-12-9(14)15/h2-5,11-12H,1H3,(H,10,13)(H,14,15). The van der Waals surface area contributed by atoms with Gasteiger partial charge in [-0.2, -0.15) is 0 Å². The summed E-state index contributed by atoms with van der Waals surface area (Å²) < 4.78 is 0. The van der Waals surface area contributed by atoms with Gasteiger partial charge >= 0.3 is 6.09 Å². The van der Waals surface area contributed by atoms with Gasteiger partial charge < -0.3 is 10.4 Å². The van der Waals surface area contributed by atoms with Gasteiger partial charge in [0.1, 0.15) is 0 Å². The molecule has 1 rings (SSSR count). The summed E-state index contributed by atoms with van der Waals surface area (Å²) in [7, 11) is 0. The molecule has 0 fully saturated rings. The predicted octanol–water partition coefficient (Wildman–Crippen LogP) is 1.24. The number of hydrogen-bond donors (Lipinski definition) is 4. The molecule has 0 atom stereocenters. The van der Waals surface area contributed by atoms with E-state index >= 15 is 0 Å². The second kappa shape index (κ2) is 4.85. The molecule has 0 radical (unpaired) electrons. The molecule has 0 aliphatic heterocycles. The summed E-state index contributed by atoms with van der Waals surface area (Å²) in [4.78, 5) is 20.9. The van der Waals surface area contributed by atoms with Gasteiger partial charge in [0.15, 0.2) is 0 Å². The van der Waals surface area contributed by atoms with Crippen molar-refractivity contribution in [1.82, 2.24) is 5.43 Å². The quantitative estimate of drug-likeness (QED) is 0.564. The highest BCUT2D eigenvalue weighted by molar-refractivity contribution is 5.88. The van der Waals surface area contributed by atoms with Gasteiger partial charge in [-0.15, -0.1) is 0 Å². The van der Waals surface area contributed by atoms with Gasteiger partial charge in [0.05, 0.1) is 5.69 Å². The molecule has 0 aliphatic carbocycles. The van der Waals surface area contributed by atoms with Gasteiger partial charge in [0.25, 0.3) is 0 Å². The number of benzene rings is 1. The fourth-order valence-corrected chi connectivity index (χ4v) is 0.966. The van der Waals surface area contributed by atoms with Crippen LogP contribution in [0.4, 0.5) is 16.2 Å². The van der Waals surface area contributed by atoms with Crippen LogP contribution in [0.5, 0.6) is 0 Å². The number of hydrazine groups is 1. The normalized spacial score (nSPS) is 9.13. The van der Waals surface area contributed by atoms with E-state index in [9.17, 15) is 9.59 Å². The first-order valence-corrected chi connectivity index (χ1v) is 4.20. The first-order chi connectivity index (χ1) is 7.08. The van der Waals surface area contributed by atoms with E-state index in [0.29, 0.717) is 11.4 Å². The van der Waals surface area contributed by atoms with E-state index < -0.39 is 6.09 Å². The maximum atomic E-state index is 10.7. The molecular weight excluding hydrogens is 198 g/mol. The molecule has 2 amide bonds. The van der Waals surface area contributed by atoms with E-state index in [1.165, 1.54) is 6.92 Å². The lowest BCUT2D eigenvalue weighted by Crippen LogP contribution is -2.27. The van der Waals surface area contributed by atoms with Crippen molar-refractivity contribution in [1.29, 1.82) is 0 Å². The SMILES string of the molecule is CC(=O)Nc1ccc(NNC(=O)O)cc1. The molecule has 15 heavy (non-hydrogen) atoms. The average molecular weight is 209 g/mol. The summed E-state index contributed by atoms with van der Waals surface area (Å²) in [5.74, 6) is -0.153. The van der Waals surface area contributed by atoms with E-state index in [1.54, 1.807) is 24.3 Å². The molecule has 1 aromatic rings. The Morgan fingerprint density at radius 2 is 1.67 bits per heavy atom. The Hall–Kier alpha value is -2.24. The van der Waals surface area contributed by atoms with Crippen molar-refractivity contribution in [2.45, 2.75) is 6.92 Å². The van der Waals surface area contributed by atoms with Gasteiger partial charge in [-0.25, -0.2) is 10.2 Å². The van der Waals surface area contributed by atoms with Crippen molar-refractivity contribution < 1.29 is 14.7 Å². The monoisotopic (exact) mass is 209 g/mol. The van der Waals surface area contributed by atoms with E-state index in [0.717, 1.165) is 0 Å². The minimum atomic E-state index is -1.17. The number of carboxylic acid groups (broad SMARTS) is 1. The summed E-state index contributed by atoms with van der Waals surface area (Å²) in [5, 5.41) is 10.9. The van der Waals surface area contributed by atoms with Crippen LogP contribution in [0.1, 0.15) is 6.92 Å². The van der Waals surface area contributed by atoms with Crippen molar-refractivity contribution in [3.63, 3.8) is 0 Å².